The molecule has 0 aliphatic carbocycles. The predicted molar refractivity (Wildman–Crippen MR) is 129 cm³/mol. The van der Waals surface area contributed by atoms with Crippen LogP contribution in [0.25, 0.3) is 0 Å². The second-order valence-corrected chi connectivity index (χ2v) is 9.48. The van der Waals surface area contributed by atoms with Crippen molar-refractivity contribution in [3.63, 3.8) is 0 Å². The molecule has 0 unspecified atom stereocenters. The van der Waals surface area contributed by atoms with E-state index in [4.69, 9.17) is 4.74 Å². The minimum Gasteiger partial charge on any atom is -0.492 e. The fourth-order valence-corrected chi connectivity index (χ4v) is 4.22. The fourth-order valence-electron chi connectivity index (χ4n) is 3.33. The summed E-state index contributed by atoms with van der Waals surface area (Å²) in [5, 5.41) is 2.94. The normalized spacial score (nSPS) is 11.1. The summed E-state index contributed by atoms with van der Waals surface area (Å²) >= 11 is 0. The molecule has 0 bridgehead atoms. The van der Waals surface area contributed by atoms with Gasteiger partial charge in [0.2, 0.25) is 10.0 Å². The summed E-state index contributed by atoms with van der Waals surface area (Å²) in [6.07, 6.45) is 1.17. The van der Waals surface area contributed by atoms with Crippen molar-refractivity contribution in [3.8, 4) is 5.75 Å². The molecule has 0 heterocycles. The molecule has 0 radical (unpaired) electrons. The first kappa shape index (κ1) is 23.3. The van der Waals surface area contributed by atoms with Crippen molar-refractivity contribution in [3.05, 3.63) is 89.0 Å². The number of para-hydroxylation sites is 2. The van der Waals surface area contributed by atoms with Crippen molar-refractivity contribution >= 4 is 27.3 Å². The topological polar surface area (TPSA) is 75.7 Å². The molecule has 0 saturated heterocycles. The number of carbonyl (C=O) groups excluding carboxylic acids is 1. The Morgan fingerprint density at radius 3 is 2.31 bits per heavy atom. The first-order valence-electron chi connectivity index (χ1n) is 10.4. The Balaban J connectivity index is 1.81. The van der Waals surface area contributed by atoms with E-state index in [9.17, 15) is 13.2 Å². The van der Waals surface area contributed by atoms with Crippen LogP contribution in [0.5, 0.6) is 5.75 Å². The third kappa shape index (κ3) is 5.48. The highest BCUT2D eigenvalue weighted by molar-refractivity contribution is 7.92. The third-order valence-electron chi connectivity index (χ3n) is 5.23. The number of hydrogen-bond acceptors (Lipinski definition) is 4. The quantitative estimate of drug-likeness (QED) is 0.526. The lowest BCUT2D eigenvalue weighted by atomic mass is 10.1. The van der Waals surface area contributed by atoms with E-state index in [0.29, 0.717) is 23.6 Å². The van der Waals surface area contributed by atoms with Gasteiger partial charge in [-0.3, -0.25) is 9.10 Å². The van der Waals surface area contributed by atoms with Crippen LogP contribution in [0, 0.1) is 13.8 Å². The molecule has 32 heavy (non-hydrogen) atoms. The van der Waals surface area contributed by atoms with Crippen LogP contribution in [0.2, 0.25) is 0 Å². The van der Waals surface area contributed by atoms with Crippen molar-refractivity contribution in [1.82, 2.24) is 0 Å². The largest absolute Gasteiger partial charge is 0.492 e. The van der Waals surface area contributed by atoms with Crippen molar-refractivity contribution in [2.24, 2.45) is 0 Å². The van der Waals surface area contributed by atoms with Gasteiger partial charge in [-0.15, -0.1) is 0 Å². The van der Waals surface area contributed by atoms with Crippen LogP contribution in [0.4, 0.5) is 11.4 Å². The van der Waals surface area contributed by atoms with Gasteiger partial charge in [-0.05, 0) is 67.8 Å². The summed E-state index contributed by atoms with van der Waals surface area (Å²) in [5.41, 5.74) is 4.63. The SMILES string of the molecule is CCOc1ccccc1N(Cc1ccc(C(=O)Nc2cccc(C)c2C)cc1)S(C)(=O)=O. The fraction of sp³-hybridized carbons (Fsp3) is 0.240. The standard InChI is InChI=1S/C25H28N2O4S/c1-5-31-24-12-7-6-11-23(24)27(32(4,29)30)17-20-13-15-21(16-14-20)25(28)26-22-10-8-9-18(2)19(22)3/h6-16H,5,17H2,1-4H3,(H,26,28). The highest BCUT2D eigenvalue weighted by Crippen LogP contribution is 2.31. The molecule has 0 atom stereocenters. The molecule has 0 fully saturated rings. The van der Waals surface area contributed by atoms with Crippen LogP contribution < -0.4 is 14.4 Å². The molecule has 0 aliphatic rings. The lowest BCUT2D eigenvalue weighted by Gasteiger charge is -2.24. The van der Waals surface area contributed by atoms with Gasteiger partial charge in [0.05, 0.1) is 25.1 Å². The zero-order chi connectivity index (χ0) is 23.3. The Labute approximate surface area is 189 Å². The van der Waals surface area contributed by atoms with Gasteiger partial charge in [-0.2, -0.15) is 0 Å². The van der Waals surface area contributed by atoms with Crippen LogP contribution in [0.15, 0.2) is 66.7 Å². The molecule has 0 saturated carbocycles. The third-order valence-corrected chi connectivity index (χ3v) is 6.36. The minimum absolute atomic E-state index is 0.127. The Bertz CT molecular complexity index is 1200. The maximum Gasteiger partial charge on any atom is 0.255 e. The van der Waals surface area contributed by atoms with E-state index in [2.05, 4.69) is 5.32 Å². The van der Waals surface area contributed by atoms with Crippen LogP contribution >= 0.6 is 0 Å². The molecular formula is C25H28N2O4S. The predicted octanol–water partition coefficient (Wildman–Crippen LogP) is 4.92. The lowest BCUT2D eigenvalue weighted by Crippen LogP contribution is -2.29. The van der Waals surface area contributed by atoms with E-state index in [0.717, 1.165) is 22.4 Å². The second-order valence-electron chi connectivity index (χ2n) is 7.57. The second kappa shape index (κ2) is 9.87. The summed E-state index contributed by atoms with van der Waals surface area (Å²) in [7, 11) is -3.56. The van der Waals surface area contributed by atoms with E-state index in [-0.39, 0.29) is 12.5 Å². The zero-order valence-electron chi connectivity index (χ0n) is 18.8. The molecule has 0 spiro atoms. The Morgan fingerprint density at radius 2 is 1.66 bits per heavy atom. The molecule has 3 aromatic carbocycles. The van der Waals surface area contributed by atoms with Crippen LogP contribution in [0.1, 0.15) is 34.0 Å². The molecule has 0 aromatic heterocycles. The molecule has 168 valence electrons. The zero-order valence-corrected chi connectivity index (χ0v) is 19.6. The molecule has 1 amide bonds. The van der Waals surface area contributed by atoms with Gasteiger partial charge in [0.15, 0.2) is 0 Å². The number of hydrogen-bond donors (Lipinski definition) is 1. The molecule has 1 N–H and O–H groups in total. The number of sulfonamides is 1. The van der Waals surface area contributed by atoms with E-state index < -0.39 is 10.0 Å². The van der Waals surface area contributed by atoms with Gasteiger partial charge in [-0.25, -0.2) is 8.42 Å². The summed E-state index contributed by atoms with van der Waals surface area (Å²) in [6.45, 7) is 6.37. The van der Waals surface area contributed by atoms with Crippen LogP contribution in [-0.4, -0.2) is 27.2 Å². The molecule has 3 rings (SSSR count). The van der Waals surface area contributed by atoms with Crippen LogP contribution in [0.3, 0.4) is 0 Å². The first-order valence-corrected chi connectivity index (χ1v) is 12.2. The maximum absolute atomic E-state index is 12.7. The smallest absolute Gasteiger partial charge is 0.255 e. The van der Waals surface area contributed by atoms with Crippen molar-refractivity contribution in [2.75, 3.05) is 22.5 Å². The summed E-state index contributed by atoms with van der Waals surface area (Å²) < 4.78 is 32.0. The molecule has 6 nitrogen and oxygen atoms in total. The number of nitrogens with zero attached hydrogens (tertiary/aromatic N) is 1. The molecule has 0 aliphatic heterocycles. The minimum atomic E-state index is -3.56. The number of nitrogens with one attached hydrogen (secondary N) is 1. The number of rotatable bonds is 8. The van der Waals surface area contributed by atoms with Gasteiger partial charge < -0.3 is 10.1 Å². The Morgan fingerprint density at radius 1 is 0.969 bits per heavy atom. The lowest BCUT2D eigenvalue weighted by molar-refractivity contribution is 0.102. The van der Waals surface area contributed by atoms with E-state index in [1.54, 1.807) is 48.5 Å². The van der Waals surface area contributed by atoms with Crippen molar-refractivity contribution in [1.29, 1.82) is 0 Å². The van der Waals surface area contributed by atoms with E-state index >= 15 is 0 Å². The Kier molecular flexibility index (Phi) is 7.20. The van der Waals surface area contributed by atoms with Crippen molar-refractivity contribution < 1.29 is 17.9 Å². The number of anilines is 2. The van der Waals surface area contributed by atoms with Gasteiger partial charge in [0, 0.05) is 11.3 Å². The summed E-state index contributed by atoms with van der Waals surface area (Å²) in [6, 6.07) is 19.7. The number of benzene rings is 3. The highest BCUT2D eigenvalue weighted by Gasteiger charge is 2.21. The van der Waals surface area contributed by atoms with E-state index in [1.165, 1.54) is 10.6 Å². The van der Waals surface area contributed by atoms with Crippen LogP contribution in [-0.2, 0) is 16.6 Å². The Hall–Kier alpha value is -3.32. The first-order chi connectivity index (χ1) is 15.2. The number of ether oxygens (including phenoxy) is 1. The average molecular weight is 453 g/mol. The average Bonchev–Trinajstić information content (AvgIpc) is 2.76. The number of carbonyl (C=O) groups is 1. The van der Waals surface area contributed by atoms with Gasteiger partial charge in [-0.1, -0.05) is 36.4 Å². The molecule has 7 heteroatoms. The van der Waals surface area contributed by atoms with Crippen molar-refractivity contribution in [2.45, 2.75) is 27.3 Å². The molecule has 3 aromatic rings. The number of aryl methyl sites for hydroxylation is 1. The van der Waals surface area contributed by atoms with Gasteiger partial charge >= 0.3 is 0 Å². The molecular weight excluding hydrogens is 424 g/mol. The highest BCUT2D eigenvalue weighted by atomic mass is 32.2. The van der Waals surface area contributed by atoms with Gasteiger partial charge in [0.1, 0.15) is 5.75 Å². The maximum atomic E-state index is 12.7. The van der Waals surface area contributed by atoms with E-state index in [1.807, 2.05) is 39.0 Å². The monoisotopic (exact) mass is 452 g/mol. The van der Waals surface area contributed by atoms with Gasteiger partial charge in [0.25, 0.3) is 5.91 Å². The summed E-state index contributed by atoms with van der Waals surface area (Å²) in [5.74, 6) is 0.289. The number of amides is 1. The summed E-state index contributed by atoms with van der Waals surface area (Å²) in [4.78, 5) is 12.7.